The van der Waals surface area contributed by atoms with Crippen LogP contribution >= 0.6 is 11.8 Å². The van der Waals surface area contributed by atoms with Crippen molar-refractivity contribution in [2.45, 2.75) is 11.9 Å². The van der Waals surface area contributed by atoms with E-state index in [4.69, 9.17) is 0 Å². The number of hydrogen-bond donors (Lipinski definition) is 0. The van der Waals surface area contributed by atoms with E-state index in [-0.39, 0.29) is 23.4 Å². The lowest BCUT2D eigenvalue weighted by Crippen LogP contribution is -2.28. The van der Waals surface area contributed by atoms with Crippen molar-refractivity contribution in [1.82, 2.24) is 4.90 Å². The van der Waals surface area contributed by atoms with Gasteiger partial charge in [-0.05, 0) is 23.8 Å². The van der Waals surface area contributed by atoms with E-state index in [2.05, 4.69) is 0 Å². The van der Waals surface area contributed by atoms with Crippen LogP contribution in [0.4, 0.5) is 8.78 Å². The monoisotopic (exact) mass is 305 g/mol. The number of amides is 1. The Morgan fingerprint density at radius 3 is 2.67 bits per heavy atom. The molecule has 0 aliphatic carbocycles. The topological polar surface area (TPSA) is 20.3 Å². The molecule has 1 amide bonds. The number of thioether (sulfide) groups is 1. The Balaban J connectivity index is 1.88. The highest BCUT2D eigenvalue weighted by Gasteiger charge is 2.33. The molecule has 1 fully saturated rings. The van der Waals surface area contributed by atoms with Crippen molar-refractivity contribution in [1.29, 1.82) is 0 Å². The normalized spacial score (nSPS) is 18.3. The molecular weight excluding hydrogens is 292 g/mol. The molecule has 0 spiro atoms. The maximum Gasteiger partial charge on any atom is 0.234 e. The van der Waals surface area contributed by atoms with Gasteiger partial charge in [-0.1, -0.05) is 30.3 Å². The van der Waals surface area contributed by atoms with E-state index in [9.17, 15) is 13.6 Å². The third kappa shape index (κ3) is 2.93. The molecule has 108 valence electrons. The molecule has 2 nitrogen and oxygen atoms in total. The lowest BCUT2D eigenvalue weighted by molar-refractivity contribution is -0.128. The Morgan fingerprint density at radius 2 is 1.90 bits per heavy atom. The smallest absolute Gasteiger partial charge is 0.234 e. The van der Waals surface area contributed by atoms with Crippen molar-refractivity contribution in [2.24, 2.45) is 0 Å². The number of hydrogen-bond acceptors (Lipinski definition) is 2. The Bertz CT molecular complexity index is 663. The largest absolute Gasteiger partial charge is 0.321 e. The summed E-state index contributed by atoms with van der Waals surface area (Å²) in [7, 11) is 0. The fourth-order valence-corrected chi connectivity index (χ4v) is 3.55. The van der Waals surface area contributed by atoms with Gasteiger partial charge in [0.15, 0.2) is 0 Å². The minimum absolute atomic E-state index is 0.0579. The minimum Gasteiger partial charge on any atom is -0.321 e. The van der Waals surface area contributed by atoms with Crippen LogP contribution in [0.2, 0.25) is 0 Å². The number of nitrogens with zero attached hydrogens (tertiary/aromatic N) is 1. The summed E-state index contributed by atoms with van der Waals surface area (Å²) in [6.07, 6.45) is 0. The first-order valence-corrected chi connectivity index (χ1v) is 7.60. The minimum atomic E-state index is -0.498. The molecule has 1 aliphatic rings. The zero-order chi connectivity index (χ0) is 14.8. The molecule has 3 rings (SSSR count). The fraction of sp³-hybridized carbons (Fsp3) is 0.188. The van der Waals surface area contributed by atoms with Crippen molar-refractivity contribution < 1.29 is 13.6 Å². The van der Waals surface area contributed by atoms with Crippen molar-refractivity contribution in [3.8, 4) is 0 Å². The van der Waals surface area contributed by atoms with Crippen LogP contribution in [0.3, 0.4) is 0 Å². The molecule has 1 saturated heterocycles. The van der Waals surface area contributed by atoms with Crippen LogP contribution in [0.15, 0.2) is 48.5 Å². The Labute approximate surface area is 125 Å². The molecule has 1 atom stereocenters. The summed E-state index contributed by atoms with van der Waals surface area (Å²) < 4.78 is 27.0. The number of rotatable bonds is 3. The number of halogens is 2. The van der Waals surface area contributed by atoms with Gasteiger partial charge in [-0.2, -0.15) is 0 Å². The van der Waals surface area contributed by atoms with E-state index >= 15 is 0 Å². The molecule has 2 aromatic carbocycles. The first-order chi connectivity index (χ1) is 10.1. The van der Waals surface area contributed by atoms with Gasteiger partial charge in [-0.15, -0.1) is 11.8 Å². The Kier molecular flexibility index (Phi) is 3.92. The molecule has 1 heterocycles. The summed E-state index contributed by atoms with van der Waals surface area (Å²) in [6.45, 7) is 0.0784. The highest BCUT2D eigenvalue weighted by molar-refractivity contribution is 8.00. The summed E-state index contributed by atoms with van der Waals surface area (Å²) in [6, 6.07) is 12.9. The van der Waals surface area contributed by atoms with E-state index in [1.54, 1.807) is 4.90 Å². The number of carbonyl (C=O) groups excluding carboxylic acids is 1. The second kappa shape index (κ2) is 5.85. The van der Waals surface area contributed by atoms with Gasteiger partial charge in [0, 0.05) is 5.56 Å². The fourth-order valence-electron chi connectivity index (χ4n) is 2.37. The van der Waals surface area contributed by atoms with Crippen LogP contribution in [0.5, 0.6) is 0 Å². The van der Waals surface area contributed by atoms with Gasteiger partial charge in [0.1, 0.15) is 17.0 Å². The maximum absolute atomic E-state index is 13.8. The van der Waals surface area contributed by atoms with Gasteiger partial charge >= 0.3 is 0 Å². The van der Waals surface area contributed by atoms with Crippen LogP contribution in [0.1, 0.15) is 16.5 Å². The first-order valence-electron chi connectivity index (χ1n) is 6.55. The van der Waals surface area contributed by atoms with Gasteiger partial charge in [0.2, 0.25) is 5.91 Å². The predicted molar refractivity (Wildman–Crippen MR) is 78.5 cm³/mol. The standard InChI is InChI=1S/C16H13F2NOS/c17-13-6-7-14(18)12(8-13)9-19-15(20)10-21-16(19)11-4-2-1-3-5-11/h1-8,16H,9-10H2. The van der Waals surface area contributed by atoms with Gasteiger partial charge in [-0.25, -0.2) is 8.78 Å². The second-order valence-corrected chi connectivity index (χ2v) is 5.90. The second-order valence-electron chi connectivity index (χ2n) is 4.83. The highest BCUT2D eigenvalue weighted by Crippen LogP contribution is 2.39. The number of carbonyl (C=O) groups is 1. The zero-order valence-corrected chi connectivity index (χ0v) is 11.9. The van der Waals surface area contributed by atoms with Gasteiger partial charge in [0.05, 0.1) is 12.3 Å². The summed E-state index contributed by atoms with van der Waals surface area (Å²) in [5.74, 6) is -0.691. The zero-order valence-electron chi connectivity index (χ0n) is 11.1. The molecule has 1 unspecified atom stereocenters. The Morgan fingerprint density at radius 1 is 1.14 bits per heavy atom. The van der Waals surface area contributed by atoms with Crippen LogP contribution in [0, 0.1) is 11.6 Å². The molecule has 1 aliphatic heterocycles. The first kappa shape index (κ1) is 14.1. The van der Waals surface area contributed by atoms with E-state index in [0.29, 0.717) is 5.75 Å². The van der Waals surface area contributed by atoms with Crippen molar-refractivity contribution in [3.63, 3.8) is 0 Å². The van der Waals surface area contributed by atoms with Gasteiger partial charge in [-0.3, -0.25) is 4.79 Å². The summed E-state index contributed by atoms with van der Waals surface area (Å²) in [4.78, 5) is 13.6. The summed E-state index contributed by atoms with van der Waals surface area (Å²) in [5.41, 5.74) is 1.19. The van der Waals surface area contributed by atoms with E-state index in [0.717, 1.165) is 23.8 Å². The summed E-state index contributed by atoms with van der Waals surface area (Å²) >= 11 is 1.50. The van der Waals surface area contributed by atoms with Crippen molar-refractivity contribution in [2.75, 3.05) is 5.75 Å². The maximum atomic E-state index is 13.8. The van der Waals surface area contributed by atoms with Crippen LogP contribution in [-0.2, 0) is 11.3 Å². The molecule has 0 radical (unpaired) electrons. The van der Waals surface area contributed by atoms with E-state index < -0.39 is 11.6 Å². The average molecular weight is 305 g/mol. The van der Waals surface area contributed by atoms with Crippen molar-refractivity contribution >= 4 is 17.7 Å². The van der Waals surface area contributed by atoms with Gasteiger partial charge in [0.25, 0.3) is 0 Å². The quantitative estimate of drug-likeness (QED) is 0.861. The molecule has 2 aromatic rings. The molecule has 21 heavy (non-hydrogen) atoms. The average Bonchev–Trinajstić information content (AvgIpc) is 2.85. The van der Waals surface area contributed by atoms with Crippen LogP contribution in [0.25, 0.3) is 0 Å². The Hall–Kier alpha value is -1.88. The third-order valence-electron chi connectivity index (χ3n) is 3.40. The SMILES string of the molecule is O=C1CSC(c2ccccc2)N1Cc1cc(F)ccc1F. The highest BCUT2D eigenvalue weighted by atomic mass is 32.2. The van der Waals surface area contributed by atoms with E-state index in [1.165, 1.54) is 11.8 Å². The molecule has 0 N–H and O–H groups in total. The third-order valence-corrected chi connectivity index (χ3v) is 4.66. The molecular formula is C16H13F2NOS. The van der Waals surface area contributed by atoms with Crippen LogP contribution < -0.4 is 0 Å². The van der Waals surface area contributed by atoms with Crippen molar-refractivity contribution in [3.05, 3.63) is 71.3 Å². The molecule has 0 aromatic heterocycles. The molecule has 0 saturated carbocycles. The van der Waals surface area contributed by atoms with Crippen LogP contribution in [-0.4, -0.2) is 16.6 Å². The predicted octanol–water partition coefficient (Wildman–Crippen LogP) is 3.74. The summed E-state index contributed by atoms with van der Waals surface area (Å²) in [5, 5.41) is -0.152. The molecule has 5 heteroatoms. The lowest BCUT2D eigenvalue weighted by Gasteiger charge is -2.24. The van der Waals surface area contributed by atoms with E-state index in [1.807, 2.05) is 30.3 Å². The van der Waals surface area contributed by atoms with Gasteiger partial charge < -0.3 is 4.90 Å². The molecule has 0 bridgehead atoms. The number of benzene rings is 2. The lowest BCUT2D eigenvalue weighted by atomic mass is 10.1.